The van der Waals surface area contributed by atoms with Gasteiger partial charge in [-0.2, -0.15) is 5.10 Å². The fourth-order valence-corrected chi connectivity index (χ4v) is 2.92. The number of benzene rings is 2. The standard InChI is InChI=1S/C20H22ClN3O2S/c1-13(2)18(23-19(25)15-5-4-6-16(21)11-15)20(26)24-22-12-14-7-9-17(27-3)10-8-14/h4-13,18H,1-3H3,(H,23,25)(H,24,26). The van der Waals surface area contributed by atoms with Crippen LogP contribution in [0, 0.1) is 5.92 Å². The zero-order valence-corrected chi connectivity index (χ0v) is 17.0. The summed E-state index contributed by atoms with van der Waals surface area (Å²) in [6.45, 7) is 3.71. The Bertz CT molecular complexity index is 822. The van der Waals surface area contributed by atoms with E-state index in [1.807, 2.05) is 44.4 Å². The van der Waals surface area contributed by atoms with Gasteiger partial charge >= 0.3 is 0 Å². The Hall–Kier alpha value is -2.31. The van der Waals surface area contributed by atoms with Gasteiger partial charge < -0.3 is 5.32 Å². The van der Waals surface area contributed by atoms with Crippen molar-refractivity contribution in [1.29, 1.82) is 0 Å². The Labute approximate surface area is 168 Å². The average Bonchev–Trinajstić information content (AvgIpc) is 2.66. The molecule has 1 unspecified atom stereocenters. The van der Waals surface area contributed by atoms with Gasteiger partial charge in [0.1, 0.15) is 6.04 Å². The van der Waals surface area contributed by atoms with Crippen LogP contribution in [0.4, 0.5) is 0 Å². The first-order valence-electron chi connectivity index (χ1n) is 8.44. The lowest BCUT2D eigenvalue weighted by molar-refractivity contribution is -0.123. The molecule has 0 heterocycles. The molecule has 27 heavy (non-hydrogen) atoms. The summed E-state index contributed by atoms with van der Waals surface area (Å²) >= 11 is 7.57. The van der Waals surface area contributed by atoms with Gasteiger partial charge in [0.05, 0.1) is 6.21 Å². The molecule has 2 aromatic carbocycles. The second-order valence-corrected chi connectivity index (χ2v) is 7.53. The Morgan fingerprint density at radius 2 is 1.85 bits per heavy atom. The predicted molar refractivity (Wildman–Crippen MR) is 112 cm³/mol. The molecular weight excluding hydrogens is 382 g/mol. The minimum absolute atomic E-state index is 0.107. The first kappa shape index (κ1) is 21.0. The molecule has 2 rings (SSSR count). The van der Waals surface area contributed by atoms with Crippen molar-refractivity contribution in [2.24, 2.45) is 11.0 Å². The first-order chi connectivity index (χ1) is 12.9. The fourth-order valence-electron chi connectivity index (χ4n) is 2.32. The van der Waals surface area contributed by atoms with E-state index in [1.54, 1.807) is 42.2 Å². The number of carbonyl (C=O) groups excluding carboxylic acids is 2. The number of hydrogen-bond donors (Lipinski definition) is 2. The van der Waals surface area contributed by atoms with Crippen LogP contribution in [0.1, 0.15) is 29.8 Å². The molecule has 0 aliphatic heterocycles. The van der Waals surface area contributed by atoms with Crippen molar-refractivity contribution in [3.05, 3.63) is 64.7 Å². The number of thioether (sulfide) groups is 1. The third-order valence-electron chi connectivity index (χ3n) is 3.83. The van der Waals surface area contributed by atoms with Crippen LogP contribution in [0.15, 0.2) is 58.5 Å². The molecule has 0 aliphatic rings. The molecule has 0 bridgehead atoms. The molecule has 5 nitrogen and oxygen atoms in total. The number of hydrogen-bond acceptors (Lipinski definition) is 4. The molecule has 2 N–H and O–H groups in total. The normalized spacial score (nSPS) is 12.2. The number of amides is 2. The summed E-state index contributed by atoms with van der Waals surface area (Å²) in [5.41, 5.74) is 3.77. The molecule has 2 amide bonds. The monoisotopic (exact) mass is 403 g/mol. The van der Waals surface area contributed by atoms with Crippen LogP contribution in [0.3, 0.4) is 0 Å². The molecule has 0 saturated heterocycles. The van der Waals surface area contributed by atoms with Gasteiger partial charge in [-0.1, -0.05) is 43.6 Å². The lowest BCUT2D eigenvalue weighted by Gasteiger charge is -2.20. The number of nitrogens with zero attached hydrogens (tertiary/aromatic N) is 1. The zero-order valence-electron chi connectivity index (χ0n) is 15.4. The summed E-state index contributed by atoms with van der Waals surface area (Å²) in [4.78, 5) is 26.0. The summed E-state index contributed by atoms with van der Waals surface area (Å²) in [6, 6.07) is 13.7. The van der Waals surface area contributed by atoms with Crippen LogP contribution in [0.25, 0.3) is 0 Å². The molecule has 1 atom stereocenters. The third-order valence-corrected chi connectivity index (χ3v) is 4.81. The Morgan fingerprint density at radius 3 is 2.44 bits per heavy atom. The van der Waals surface area contributed by atoms with Gasteiger partial charge in [0.25, 0.3) is 11.8 Å². The van der Waals surface area contributed by atoms with Crippen molar-refractivity contribution in [2.45, 2.75) is 24.8 Å². The van der Waals surface area contributed by atoms with Gasteiger partial charge in [-0.05, 0) is 48.1 Å². The van der Waals surface area contributed by atoms with Gasteiger partial charge in [-0.3, -0.25) is 9.59 Å². The fraction of sp³-hybridized carbons (Fsp3) is 0.250. The maximum atomic E-state index is 12.4. The van der Waals surface area contributed by atoms with Crippen LogP contribution >= 0.6 is 23.4 Å². The Balaban J connectivity index is 1.99. The van der Waals surface area contributed by atoms with Crippen LogP contribution in [-0.4, -0.2) is 30.3 Å². The molecule has 0 spiro atoms. The molecule has 0 saturated carbocycles. The lowest BCUT2D eigenvalue weighted by Crippen LogP contribution is -2.48. The minimum Gasteiger partial charge on any atom is -0.340 e. The van der Waals surface area contributed by atoms with Crippen LogP contribution in [0.5, 0.6) is 0 Å². The minimum atomic E-state index is -0.715. The molecule has 2 aromatic rings. The average molecular weight is 404 g/mol. The predicted octanol–water partition coefficient (Wildman–Crippen LogP) is 3.97. The maximum Gasteiger partial charge on any atom is 0.262 e. The highest BCUT2D eigenvalue weighted by Gasteiger charge is 2.24. The van der Waals surface area contributed by atoms with Crippen molar-refractivity contribution < 1.29 is 9.59 Å². The molecule has 0 fully saturated rings. The largest absolute Gasteiger partial charge is 0.340 e. The summed E-state index contributed by atoms with van der Waals surface area (Å²) in [6.07, 6.45) is 3.57. The number of carbonyl (C=O) groups is 2. The maximum absolute atomic E-state index is 12.4. The third kappa shape index (κ3) is 6.41. The number of hydrazone groups is 1. The summed E-state index contributed by atoms with van der Waals surface area (Å²) in [5, 5.41) is 7.19. The number of nitrogens with one attached hydrogen (secondary N) is 2. The van der Waals surface area contributed by atoms with Crippen molar-refractivity contribution in [3.8, 4) is 0 Å². The number of rotatable bonds is 7. The van der Waals surface area contributed by atoms with E-state index in [0.717, 1.165) is 10.5 Å². The second-order valence-electron chi connectivity index (χ2n) is 6.21. The van der Waals surface area contributed by atoms with Crippen LogP contribution < -0.4 is 10.7 Å². The summed E-state index contributed by atoms with van der Waals surface area (Å²) < 4.78 is 0. The Morgan fingerprint density at radius 1 is 1.15 bits per heavy atom. The van der Waals surface area contributed by atoms with E-state index in [4.69, 9.17) is 11.6 Å². The molecule has 0 aromatic heterocycles. The Kier molecular flexibility index (Phi) is 7.88. The molecule has 142 valence electrons. The molecule has 0 radical (unpaired) electrons. The smallest absolute Gasteiger partial charge is 0.262 e. The van der Waals surface area contributed by atoms with E-state index in [0.29, 0.717) is 10.6 Å². The van der Waals surface area contributed by atoms with Crippen LogP contribution in [-0.2, 0) is 4.79 Å². The zero-order chi connectivity index (χ0) is 19.8. The summed E-state index contributed by atoms with van der Waals surface area (Å²) in [7, 11) is 0. The van der Waals surface area contributed by atoms with E-state index in [2.05, 4.69) is 15.8 Å². The van der Waals surface area contributed by atoms with Crippen molar-refractivity contribution >= 4 is 41.4 Å². The summed E-state index contributed by atoms with van der Waals surface area (Å²) in [5.74, 6) is -0.843. The van der Waals surface area contributed by atoms with E-state index in [-0.39, 0.29) is 17.7 Å². The molecular formula is C20H22ClN3O2S. The first-order valence-corrected chi connectivity index (χ1v) is 10.0. The van der Waals surface area contributed by atoms with E-state index >= 15 is 0 Å². The number of halogens is 1. The molecule has 7 heteroatoms. The molecule has 0 aliphatic carbocycles. The van der Waals surface area contributed by atoms with Gasteiger partial charge in [0.15, 0.2) is 0 Å². The van der Waals surface area contributed by atoms with E-state index < -0.39 is 6.04 Å². The van der Waals surface area contributed by atoms with Crippen LogP contribution in [0.2, 0.25) is 5.02 Å². The van der Waals surface area contributed by atoms with E-state index in [9.17, 15) is 9.59 Å². The highest BCUT2D eigenvalue weighted by atomic mass is 35.5. The van der Waals surface area contributed by atoms with Gasteiger partial charge in [0.2, 0.25) is 0 Å². The topological polar surface area (TPSA) is 70.6 Å². The van der Waals surface area contributed by atoms with Crippen molar-refractivity contribution in [1.82, 2.24) is 10.7 Å². The highest BCUT2D eigenvalue weighted by molar-refractivity contribution is 7.98. The van der Waals surface area contributed by atoms with Crippen molar-refractivity contribution in [2.75, 3.05) is 6.26 Å². The highest BCUT2D eigenvalue weighted by Crippen LogP contribution is 2.14. The van der Waals surface area contributed by atoms with Crippen molar-refractivity contribution in [3.63, 3.8) is 0 Å². The van der Waals surface area contributed by atoms with Gasteiger partial charge in [-0.25, -0.2) is 5.43 Å². The van der Waals surface area contributed by atoms with E-state index in [1.165, 1.54) is 0 Å². The lowest BCUT2D eigenvalue weighted by atomic mass is 10.0. The SMILES string of the molecule is CSc1ccc(C=NNC(=O)C(NC(=O)c2cccc(Cl)c2)C(C)C)cc1. The second kappa shape index (κ2) is 10.1. The quantitative estimate of drug-likeness (QED) is 0.417. The van der Waals surface area contributed by atoms with Gasteiger partial charge in [0, 0.05) is 15.5 Å². The van der Waals surface area contributed by atoms with Gasteiger partial charge in [-0.15, -0.1) is 11.8 Å².